The molecule has 1 saturated heterocycles. The highest BCUT2D eigenvalue weighted by atomic mass is 32.1. The Morgan fingerprint density at radius 3 is 2.48 bits per heavy atom. The molecule has 0 spiro atoms. The maximum atomic E-state index is 12.4. The summed E-state index contributed by atoms with van der Waals surface area (Å²) in [4.78, 5) is 27.6. The molecule has 0 radical (unpaired) electrons. The van der Waals surface area contributed by atoms with Crippen LogP contribution in [0.1, 0.15) is 46.2 Å². The van der Waals surface area contributed by atoms with Crippen molar-refractivity contribution in [2.45, 2.75) is 26.2 Å². The summed E-state index contributed by atoms with van der Waals surface area (Å²) in [5.74, 6) is 0.224. The number of hydrogen-bond acceptors (Lipinski definition) is 4. The molecule has 144 valence electrons. The summed E-state index contributed by atoms with van der Waals surface area (Å²) in [7, 11) is 0. The number of rotatable bonds is 7. The molecule has 0 aliphatic carbocycles. The van der Waals surface area contributed by atoms with Gasteiger partial charge in [0.15, 0.2) is 0 Å². The molecule has 27 heavy (non-hydrogen) atoms. The van der Waals surface area contributed by atoms with E-state index in [2.05, 4.69) is 22.5 Å². The van der Waals surface area contributed by atoms with Gasteiger partial charge >= 0.3 is 0 Å². The van der Waals surface area contributed by atoms with Gasteiger partial charge in [-0.25, -0.2) is 0 Å². The van der Waals surface area contributed by atoms with Crippen LogP contribution in [0.2, 0.25) is 0 Å². The minimum atomic E-state index is -0.131. The van der Waals surface area contributed by atoms with Gasteiger partial charge in [0.25, 0.3) is 11.8 Å². The molecule has 1 atom stereocenters. The first-order valence-corrected chi connectivity index (χ1v) is 10.5. The number of hydrogen-bond donors (Lipinski definition) is 2. The van der Waals surface area contributed by atoms with Gasteiger partial charge in [0, 0.05) is 24.3 Å². The lowest BCUT2D eigenvalue weighted by atomic mass is 10.1. The predicted molar refractivity (Wildman–Crippen MR) is 111 cm³/mol. The van der Waals surface area contributed by atoms with E-state index in [0.717, 1.165) is 6.54 Å². The van der Waals surface area contributed by atoms with Crippen molar-refractivity contribution >= 4 is 28.8 Å². The Labute approximate surface area is 164 Å². The molecule has 0 saturated carbocycles. The molecule has 1 fully saturated rings. The van der Waals surface area contributed by atoms with Crippen LogP contribution in [0.25, 0.3) is 0 Å². The van der Waals surface area contributed by atoms with Crippen LogP contribution in [0.5, 0.6) is 0 Å². The fourth-order valence-electron chi connectivity index (χ4n) is 3.32. The first-order chi connectivity index (χ1) is 13.1. The third-order valence-corrected chi connectivity index (χ3v) is 5.65. The lowest BCUT2D eigenvalue weighted by molar-refractivity contribution is 0.0942. The van der Waals surface area contributed by atoms with Gasteiger partial charge < -0.3 is 15.5 Å². The zero-order valence-corrected chi connectivity index (χ0v) is 16.6. The number of likely N-dealkylation sites (tertiary alicyclic amines) is 1. The second-order valence-electron chi connectivity index (χ2n) is 7.19. The molecule has 3 rings (SSSR count). The van der Waals surface area contributed by atoms with Gasteiger partial charge in [-0.1, -0.05) is 19.4 Å². The van der Waals surface area contributed by atoms with Crippen LogP contribution in [0, 0.1) is 5.92 Å². The van der Waals surface area contributed by atoms with Crippen molar-refractivity contribution in [3.63, 3.8) is 0 Å². The molecular weight excluding hydrogens is 358 g/mol. The second kappa shape index (κ2) is 9.67. The van der Waals surface area contributed by atoms with E-state index in [1.54, 1.807) is 30.3 Å². The Kier molecular flexibility index (Phi) is 7.01. The third kappa shape index (κ3) is 5.91. The minimum absolute atomic E-state index is 0.0726. The number of thiophene rings is 1. The highest BCUT2D eigenvalue weighted by Gasteiger charge is 2.14. The van der Waals surface area contributed by atoms with Gasteiger partial charge in [-0.05, 0) is 67.6 Å². The summed E-state index contributed by atoms with van der Waals surface area (Å²) in [5.41, 5.74) is 1.29. The van der Waals surface area contributed by atoms with Gasteiger partial charge in [-0.2, -0.15) is 0 Å². The monoisotopic (exact) mass is 385 g/mol. The van der Waals surface area contributed by atoms with E-state index in [9.17, 15) is 9.59 Å². The van der Waals surface area contributed by atoms with E-state index in [1.165, 1.54) is 43.7 Å². The van der Waals surface area contributed by atoms with E-state index in [4.69, 9.17) is 0 Å². The molecule has 2 amide bonds. The summed E-state index contributed by atoms with van der Waals surface area (Å²) in [6, 6.07) is 10.6. The van der Waals surface area contributed by atoms with Crippen molar-refractivity contribution in [3.05, 3.63) is 52.2 Å². The number of nitrogens with one attached hydrogen (secondary N) is 2. The van der Waals surface area contributed by atoms with Crippen LogP contribution >= 0.6 is 11.3 Å². The molecule has 0 unspecified atom stereocenters. The highest BCUT2D eigenvalue weighted by molar-refractivity contribution is 7.12. The highest BCUT2D eigenvalue weighted by Crippen LogP contribution is 2.15. The van der Waals surface area contributed by atoms with Crippen molar-refractivity contribution in [1.29, 1.82) is 0 Å². The largest absolute Gasteiger partial charge is 0.352 e. The smallest absolute Gasteiger partial charge is 0.265 e. The van der Waals surface area contributed by atoms with E-state index >= 15 is 0 Å². The summed E-state index contributed by atoms with van der Waals surface area (Å²) in [5, 5.41) is 7.73. The average Bonchev–Trinajstić information content (AvgIpc) is 3.22. The van der Waals surface area contributed by atoms with Crippen LogP contribution in [-0.4, -0.2) is 42.9 Å². The minimum Gasteiger partial charge on any atom is -0.352 e. The normalized spacial score (nSPS) is 15.9. The van der Waals surface area contributed by atoms with Crippen LogP contribution < -0.4 is 10.6 Å². The summed E-state index contributed by atoms with van der Waals surface area (Å²) < 4.78 is 0. The van der Waals surface area contributed by atoms with Crippen molar-refractivity contribution in [1.82, 2.24) is 10.2 Å². The molecular formula is C21H27N3O2S. The van der Waals surface area contributed by atoms with E-state index in [1.807, 2.05) is 11.4 Å². The Bertz CT molecular complexity index is 737. The van der Waals surface area contributed by atoms with Gasteiger partial charge in [0.05, 0.1) is 4.88 Å². The maximum Gasteiger partial charge on any atom is 0.265 e. The zero-order valence-electron chi connectivity index (χ0n) is 15.7. The molecule has 1 aliphatic heterocycles. The average molecular weight is 386 g/mol. The number of carbonyl (C=O) groups excluding carboxylic acids is 2. The quantitative estimate of drug-likeness (QED) is 0.761. The number of nitrogens with zero attached hydrogens (tertiary/aromatic N) is 1. The lowest BCUT2D eigenvalue weighted by Gasteiger charge is -2.29. The number of anilines is 1. The molecule has 1 aromatic heterocycles. The van der Waals surface area contributed by atoms with Gasteiger partial charge in [0.1, 0.15) is 0 Å². The van der Waals surface area contributed by atoms with Crippen LogP contribution in [0.15, 0.2) is 41.8 Å². The lowest BCUT2D eigenvalue weighted by Crippen LogP contribution is -2.38. The molecule has 2 aromatic rings. The van der Waals surface area contributed by atoms with Crippen molar-refractivity contribution < 1.29 is 9.59 Å². The summed E-state index contributed by atoms with van der Waals surface area (Å²) in [6.07, 6.45) is 3.91. The Hall–Kier alpha value is -2.18. The van der Waals surface area contributed by atoms with E-state index < -0.39 is 0 Å². The van der Waals surface area contributed by atoms with E-state index in [0.29, 0.717) is 28.6 Å². The van der Waals surface area contributed by atoms with Crippen LogP contribution in [0.3, 0.4) is 0 Å². The fourth-order valence-corrected chi connectivity index (χ4v) is 3.94. The zero-order chi connectivity index (χ0) is 19.1. The van der Waals surface area contributed by atoms with Crippen LogP contribution in [0.4, 0.5) is 5.69 Å². The van der Waals surface area contributed by atoms with Crippen molar-refractivity contribution in [2.75, 3.05) is 31.5 Å². The topological polar surface area (TPSA) is 61.4 Å². The van der Waals surface area contributed by atoms with Gasteiger partial charge in [-0.15, -0.1) is 11.3 Å². The Morgan fingerprint density at radius 2 is 1.81 bits per heavy atom. The second-order valence-corrected chi connectivity index (χ2v) is 8.13. The first-order valence-electron chi connectivity index (χ1n) is 9.57. The van der Waals surface area contributed by atoms with E-state index in [-0.39, 0.29) is 11.8 Å². The fraction of sp³-hybridized carbons (Fsp3) is 0.429. The molecule has 0 bridgehead atoms. The molecule has 6 heteroatoms. The number of amides is 2. The predicted octanol–water partition coefficient (Wildman–Crippen LogP) is 3.85. The first kappa shape index (κ1) is 19.6. The standard InChI is InChI=1S/C21H27N3O2S/c1-16(15-24-11-3-2-4-12-24)14-22-20(25)17-7-9-18(10-8-17)23-21(26)19-6-5-13-27-19/h5-10,13,16H,2-4,11-12,14-15H2,1H3,(H,22,25)(H,23,26)/t16-/m1/s1. The number of carbonyl (C=O) groups is 2. The Balaban J connectivity index is 1.45. The van der Waals surface area contributed by atoms with Crippen molar-refractivity contribution in [2.24, 2.45) is 5.92 Å². The molecule has 1 aliphatic rings. The molecule has 5 nitrogen and oxygen atoms in total. The SMILES string of the molecule is C[C@H](CNC(=O)c1ccc(NC(=O)c2cccs2)cc1)CN1CCCCC1. The third-order valence-electron chi connectivity index (χ3n) is 4.78. The van der Waals surface area contributed by atoms with Crippen molar-refractivity contribution in [3.8, 4) is 0 Å². The molecule has 2 heterocycles. The maximum absolute atomic E-state index is 12.4. The summed E-state index contributed by atoms with van der Waals surface area (Å²) in [6.45, 7) is 6.24. The molecule has 1 aromatic carbocycles. The molecule has 2 N–H and O–H groups in total. The number of benzene rings is 1. The Morgan fingerprint density at radius 1 is 1.07 bits per heavy atom. The van der Waals surface area contributed by atoms with Gasteiger partial charge in [0.2, 0.25) is 0 Å². The van der Waals surface area contributed by atoms with Gasteiger partial charge in [-0.3, -0.25) is 9.59 Å². The summed E-state index contributed by atoms with van der Waals surface area (Å²) >= 11 is 1.40. The number of piperidine rings is 1. The van der Waals surface area contributed by atoms with Crippen LogP contribution in [-0.2, 0) is 0 Å².